The predicted octanol–water partition coefficient (Wildman–Crippen LogP) is 4.32. The summed E-state index contributed by atoms with van der Waals surface area (Å²) in [5.74, 6) is -1.71. The molecule has 1 amide bonds. The number of halogens is 3. The van der Waals surface area contributed by atoms with Crippen LogP contribution in [-0.2, 0) is 24.3 Å². The Morgan fingerprint density at radius 2 is 1.98 bits per heavy atom. The highest BCUT2D eigenvalue weighted by atomic mass is 35.5. The van der Waals surface area contributed by atoms with Gasteiger partial charge in [0.2, 0.25) is 11.9 Å². The van der Waals surface area contributed by atoms with Gasteiger partial charge < -0.3 is 19.9 Å². The molecule has 0 unspecified atom stereocenters. The zero-order valence-electron chi connectivity index (χ0n) is 24.1. The minimum absolute atomic E-state index is 0.0790. The molecular formula is C30H32ClF2N7O3. The Bertz CT molecular complexity index is 1800. The number of benzene rings is 1. The summed E-state index contributed by atoms with van der Waals surface area (Å²) in [6, 6.07) is 4.38. The van der Waals surface area contributed by atoms with Gasteiger partial charge >= 0.3 is 0 Å². The van der Waals surface area contributed by atoms with Crippen LogP contribution in [0.25, 0.3) is 22.2 Å². The van der Waals surface area contributed by atoms with Gasteiger partial charge in [0.25, 0.3) is 5.56 Å². The number of phenols is 1. The minimum Gasteiger partial charge on any atom is -0.505 e. The standard InChI is InChI=1S/C30H32ClF2N7O3/c1-4-37-8-9-39(17(3)13-37)23-12-21(26(31)28(33)35-23)34-24(41)15-38-14-19(18-10-16(2)27(42)20(32)11-18)25-29(38)36-22-6-5-7-40(22)30(25)43/h10-12,14,17,42H,4-9,13,15H2,1-3H3,(H,34,35,41)/t17-/m0/s1. The molecule has 2 aliphatic rings. The summed E-state index contributed by atoms with van der Waals surface area (Å²) in [6.07, 6.45) is 2.96. The maximum Gasteiger partial charge on any atom is 0.263 e. The van der Waals surface area contributed by atoms with Crippen molar-refractivity contribution >= 4 is 40.0 Å². The molecule has 1 saturated heterocycles. The first-order valence-electron chi connectivity index (χ1n) is 14.3. The fourth-order valence-electron chi connectivity index (χ4n) is 6.09. The first kappa shape index (κ1) is 29.1. The van der Waals surface area contributed by atoms with Crippen LogP contribution in [0, 0.1) is 18.7 Å². The van der Waals surface area contributed by atoms with Crippen molar-refractivity contribution in [3.63, 3.8) is 0 Å². The lowest BCUT2D eigenvalue weighted by Crippen LogP contribution is -2.52. The number of nitrogens with zero attached hydrogens (tertiary/aromatic N) is 6. The molecular weight excluding hydrogens is 580 g/mol. The smallest absolute Gasteiger partial charge is 0.263 e. The molecule has 4 aromatic rings. The summed E-state index contributed by atoms with van der Waals surface area (Å²) in [6.45, 7) is 9.12. The molecule has 1 atom stereocenters. The van der Waals surface area contributed by atoms with Gasteiger partial charge in [-0.05, 0) is 50.1 Å². The second kappa shape index (κ2) is 11.2. The minimum atomic E-state index is -0.886. The molecule has 1 fully saturated rings. The maximum absolute atomic E-state index is 14.9. The number of aryl methyl sites for hydroxylation is 2. The quantitative estimate of drug-likeness (QED) is 0.313. The van der Waals surface area contributed by atoms with Crippen molar-refractivity contribution in [1.82, 2.24) is 24.0 Å². The molecule has 0 aliphatic carbocycles. The number of amides is 1. The highest BCUT2D eigenvalue weighted by Crippen LogP contribution is 2.34. The van der Waals surface area contributed by atoms with Crippen LogP contribution in [0.15, 0.2) is 29.2 Å². The van der Waals surface area contributed by atoms with Crippen molar-refractivity contribution in [2.45, 2.75) is 52.7 Å². The fourth-order valence-corrected chi connectivity index (χ4v) is 6.23. The van der Waals surface area contributed by atoms with Crippen molar-refractivity contribution in [3.05, 3.63) is 62.9 Å². The van der Waals surface area contributed by atoms with Crippen molar-refractivity contribution in [2.75, 3.05) is 36.4 Å². The molecule has 43 heavy (non-hydrogen) atoms. The summed E-state index contributed by atoms with van der Waals surface area (Å²) < 4.78 is 32.5. The van der Waals surface area contributed by atoms with Gasteiger partial charge in [0.15, 0.2) is 11.6 Å². The van der Waals surface area contributed by atoms with Crippen LogP contribution < -0.4 is 15.8 Å². The average molecular weight is 612 g/mol. The van der Waals surface area contributed by atoms with Crippen molar-refractivity contribution in [1.29, 1.82) is 0 Å². The number of aromatic nitrogens is 4. The molecule has 3 aromatic heterocycles. The van der Waals surface area contributed by atoms with Gasteiger partial charge in [-0.2, -0.15) is 4.39 Å². The number of carbonyl (C=O) groups is 1. The molecule has 10 nitrogen and oxygen atoms in total. The van der Waals surface area contributed by atoms with E-state index >= 15 is 0 Å². The summed E-state index contributed by atoms with van der Waals surface area (Å²) in [4.78, 5) is 40.0. The zero-order chi connectivity index (χ0) is 30.6. The average Bonchev–Trinajstić information content (AvgIpc) is 3.59. The van der Waals surface area contributed by atoms with Crippen molar-refractivity contribution in [2.24, 2.45) is 0 Å². The third-order valence-corrected chi connectivity index (χ3v) is 8.71. The van der Waals surface area contributed by atoms with Gasteiger partial charge in [-0.25, -0.2) is 14.4 Å². The van der Waals surface area contributed by atoms with Crippen molar-refractivity contribution in [3.8, 4) is 16.9 Å². The van der Waals surface area contributed by atoms with Gasteiger partial charge in [-0.15, -0.1) is 0 Å². The number of hydrogen-bond donors (Lipinski definition) is 2. The SMILES string of the molecule is CCN1CCN(c2cc(NC(=O)Cn3cc(-c4cc(C)c(O)c(F)c4)c4c(=O)n5c(nc43)CCC5)c(Cl)c(F)n2)[C@@H](C)C1. The lowest BCUT2D eigenvalue weighted by Gasteiger charge is -2.40. The Balaban J connectivity index is 1.35. The summed E-state index contributed by atoms with van der Waals surface area (Å²) in [5, 5.41) is 12.6. The van der Waals surface area contributed by atoms with E-state index in [2.05, 4.69) is 22.1 Å². The predicted molar refractivity (Wildman–Crippen MR) is 161 cm³/mol. The molecule has 13 heteroatoms. The topological polar surface area (TPSA) is 109 Å². The number of carbonyl (C=O) groups excluding carboxylic acids is 1. The van der Waals surface area contributed by atoms with Gasteiger partial charge in [-0.1, -0.05) is 18.5 Å². The zero-order valence-corrected chi connectivity index (χ0v) is 24.9. The van der Waals surface area contributed by atoms with E-state index in [-0.39, 0.29) is 39.9 Å². The molecule has 0 spiro atoms. The highest BCUT2D eigenvalue weighted by molar-refractivity contribution is 6.33. The van der Waals surface area contributed by atoms with E-state index in [1.54, 1.807) is 29.8 Å². The highest BCUT2D eigenvalue weighted by Gasteiger charge is 2.27. The number of pyridine rings is 1. The number of aromatic hydroxyl groups is 1. The number of piperazine rings is 1. The third kappa shape index (κ3) is 5.22. The molecule has 1 aromatic carbocycles. The monoisotopic (exact) mass is 611 g/mol. The van der Waals surface area contributed by atoms with E-state index in [0.29, 0.717) is 47.8 Å². The van der Waals surface area contributed by atoms with E-state index in [9.17, 15) is 23.5 Å². The molecule has 2 N–H and O–H groups in total. The van der Waals surface area contributed by atoms with Crippen molar-refractivity contribution < 1.29 is 18.7 Å². The Labute approximate surface area is 251 Å². The summed E-state index contributed by atoms with van der Waals surface area (Å²) in [7, 11) is 0. The molecule has 226 valence electrons. The number of fused-ring (bicyclic) bond motifs is 2. The fraction of sp³-hybridized carbons (Fsp3) is 0.400. The summed E-state index contributed by atoms with van der Waals surface area (Å²) in [5.41, 5.74) is 1.15. The van der Waals surface area contributed by atoms with Gasteiger partial charge in [0.1, 0.15) is 28.9 Å². The van der Waals surface area contributed by atoms with Crippen LogP contribution in [0.1, 0.15) is 31.7 Å². The molecule has 0 saturated carbocycles. The molecule has 2 aliphatic heterocycles. The Morgan fingerprint density at radius 1 is 1.19 bits per heavy atom. The normalized spacial score (nSPS) is 17.1. The molecule has 0 bridgehead atoms. The second-order valence-corrected chi connectivity index (χ2v) is 11.6. The number of likely N-dealkylation sites (N-methyl/N-ethyl adjacent to an activating group) is 1. The first-order valence-corrected chi connectivity index (χ1v) is 14.7. The second-order valence-electron chi connectivity index (χ2n) is 11.2. The number of anilines is 2. The first-order chi connectivity index (χ1) is 20.5. The Morgan fingerprint density at radius 3 is 2.70 bits per heavy atom. The van der Waals surface area contributed by atoms with Gasteiger partial charge in [-0.3, -0.25) is 19.1 Å². The van der Waals surface area contributed by atoms with E-state index in [4.69, 9.17) is 16.6 Å². The largest absolute Gasteiger partial charge is 0.505 e. The lowest BCUT2D eigenvalue weighted by molar-refractivity contribution is -0.116. The molecule has 6 rings (SSSR count). The van der Waals surface area contributed by atoms with E-state index in [1.165, 1.54) is 4.57 Å². The van der Waals surface area contributed by atoms with Crippen LogP contribution in [0.3, 0.4) is 0 Å². The molecule has 0 radical (unpaired) electrons. The number of phenolic OH excluding ortho intramolecular Hbond substituents is 1. The van der Waals surface area contributed by atoms with E-state index in [0.717, 1.165) is 32.1 Å². The Hall–Kier alpha value is -4.03. The van der Waals surface area contributed by atoms with Crippen LogP contribution in [0.4, 0.5) is 20.3 Å². The number of nitrogens with one attached hydrogen (secondary N) is 1. The Kier molecular flexibility index (Phi) is 7.59. The lowest BCUT2D eigenvalue weighted by atomic mass is 10.0. The van der Waals surface area contributed by atoms with Crippen LogP contribution in [-0.4, -0.2) is 67.2 Å². The number of rotatable bonds is 6. The third-order valence-electron chi connectivity index (χ3n) is 8.35. The van der Waals surface area contributed by atoms with E-state index in [1.807, 2.05) is 11.8 Å². The van der Waals surface area contributed by atoms with Crippen LogP contribution in [0.2, 0.25) is 5.02 Å². The van der Waals surface area contributed by atoms with Gasteiger partial charge in [0, 0.05) is 56.5 Å². The van der Waals surface area contributed by atoms with Crippen LogP contribution in [0.5, 0.6) is 5.75 Å². The molecule has 5 heterocycles. The summed E-state index contributed by atoms with van der Waals surface area (Å²) >= 11 is 6.24. The number of hydrogen-bond acceptors (Lipinski definition) is 7. The maximum atomic E-state index is 14.9. The van der Waals surface area contributed by atoms with Crippen LogP contribution >= 0.6 is 11.6 Å². The van der Waals surface area contributed by atoms with E-state index < -0.39 is 23.4 Å². The van der Waals surface area contributed by atoms with Gasteiger partial charge in [0.05, 0.1) is 11.1 Å².